The van der Waals surface area contributed by atoms with Gasteiger partial charge in [0.25, 0.3) is 22.9 Å². The Kier molecular flexibility index (Phi) is 4.50. The van der Waals surface area contributed by atoms with Crippen LogP contribution >= 0.6 is 0 Å². The molecule has 4 aromatic rings. The van der Waals surface area contributed by atoms with Crippen LogP contribution in [0.15, 0.2) is 44.0 Å². The topological polar surface area (TPSA) is 158 Å². The summed E-state index contributed by atoms with van der Waals surface area (Å²) in [5.41, 5.74) is -2.89. The van der Waals surface area contributed by atoms with E-state index in [4.69, 9.17) is 0 Å². The maximum absolute atomic E-state index is 12.6. The third-order valence-electron chi connectivity index (χ3n) is 5.14. The summed E-state index contributed by atoms with van der Waals surface area (Å²) in [7, 11) is 5.35. The number of aromatic nitrogens is 8. The van der Waals surface area contributed by atoms with Gasteiger partial charge in [-0.25, -0.2) is 19.6 Å². The van der Waals surface area contributed by atoms with Crippen molar-refractivity contribution in [2.75, 3.05) is 0 Å². The molecule has 0 saturated heterocycles. The molecule has 14 heteroatoms. The zero-order chi connectivity index (χ0) is 23.5. The van der Waals surface area contributed by atoms with Crippen LogP contribution in [-0.2, 0) is 28.2 Å². The molecule has 0 atom stereocenters. The molecule has 4 rings (SSSR count). The average molecular weight is 440 g/mol. The van der Waals surface area contributed by atoms with Gasteiger partial charge in [0.1, 0.15) is 12.7 Å². The van der Waals surface area contributed by atoms with E-state index in [2.05, 4.69) is 9.97 Å². The Labute approximate surface area is 176 Å². The Morgan fingerprint density at radius 1 is 0.656 bits per heavy atom. The smallest absolute Gasteiger partial charge is 0.279 e. The van der Waals surface area contributed by atoms with Gasteiger partial charge in [0.2, 0.25) is 0 Å². The van der Waals surface area contributed by atoms with Crippen molar-refractivity contribution in [3.8, 4) is 0 Å². The van der Waals surface area contributed by atoms with E-state index in [0.29, 0.717) is 0 Å². The molecule has 164 valence electrons. The van der Waals surface area contributed by atoms with Crippen LogP contribution in [0.5, 0.6) is 0 Å². The molecule has 32 heavy (non-hydrogen) atoms. The van der Waals surface area contributed by atoms with E-state index in [1.54, 1.807) is 0 Å². The van der Waals surface area contributed by atoms with Gasteiger partial charge < -0.3 is 0 Å². The first-order valence-electron chi connectivity index (χ1n) is 9.09. The lowest BCUT2D eigenvalue weighted by atomic mass is 10.4. The van der Waals surface area contributed by atoms with Crippen LogP contribution in [0.2, 0.25) is 0 Å². The van der Waals surface area contributed by atoms with Crippen LogP contribution in [-0.4, -0.2) is 49.2 Å². The van der Waals surface area contributed by atoms with E-state index in [9.17, 15) is 28.8 Å². The van der Waals surface area contributed by atoms with Gasteiger partial charge in [0.05, 0.1) is 0 Å². The van der Waals surface area contributed by atoms with Gasteiger partial charge in [0.15, 0.2) is 22.3 Å². The van der Waals surface area contributed by atoms with Gasteiger partial charge in [-0.2, -0.15) is 0 Å². The molecule has 14 nitrogen and oxygen atoms in total. The summed E-state index contributed by atoms with van der Waals surface area (Å²) in [5, 5.41) is 0. The largest absolute Gasteiger partial charge is 0.332 e. The summed E-state index contributed by atoms with van der Waals surface area (Å²) >= 11 is 0. The highest BCUT2D eigenvalue weighted by molar-refractivity contribution is 6.03. The molecule has 0 bridgehead atoms. The fourth-order valence-electron chi connectivity index (χ4n) is 3.33. The molecule has 0 aliphatic heterocycles. The number of nitrogens with zero attached hydrogens (tertiary/aromatic N) is 8. The molecular weight excluding hydrogens is 424 g/mol. The molecule has 0 fully saturated rings. The molecular formula is C18H16N8O6. The number of fused-ring (bicyclic) bond motifs is 2. The van der Waals surface area contributed by atoms with Crippen LogP contribution in [0, 0.1) is 0 Å². The van der Waals surface area contributed by atoms with Gasteiger partial charge in [-0.15, -0.1) is 0 Å². The minimum Gasteiger partial charge on any atom is -0.279 e. The fourth-order valence-corrected chi connectivity index (χ4v) is 3.33. The van der Waals surface area contributed by atoms with Crippen LogP contribution in [0.4, 0.5) is 0 Å². The molecule has 0 saturated carbocycles. The summed E-state index contributed by atoms with van der Waals surface area (Å²) in [4.78, 5) is 82.1. The van der Waals surface area contributed by atoms with Gasteiger partial charge in [-0.05, 0) is 0 Å². The number of rotatable bonds is 2. The van der Waals surface area contributed by atoms with Gasteiger partial charge >= 0.3 is 11.4 Å². The van der Waals surface area contributed by atoms with Crippen molar-refractivity contribution in [1.29, 1.82) is 0 Å². The predicted molar refractivity (Wildman–Crippen MR) is 111 cm³/mol. The average Bonchev–Trinajstić information content (AvgIpc) is 3.42. The number of carbonyl (C=O) groups excluding carboxylic acids is 2. The highest BCUT2D eigenvalue weighted by Crippen LogP contribution is 2.08. The quantitative estimate of drug-likeness (QED) is 0.315. The number of carbonyl (C=O) groups is 2. The lowest BCUT2D eigenvalue weighted by molar-refractivity contribution is 0.0946. The fraction of sp³-hybridized carbons (Fsp3) is 0.222. The molecule has 0 aromatic carbocycles. The van der Waals surface area contributed by atoms with Crippen molar-refractivity contribution < 1.29 is 9.59 Å². The van der Waals surface area contributed by atoms with Crippen molar-refractivity contribution in [2.24, 2.45) is 28.2 Å². The van der Waals surface area contributed by atoms with E-state index in [0.717, 1.165) is 52.2 Å². The maximum atomic E-state index is 12.6. The molecule has 0 spiro atoms. The van der Waals surface area contributed by atoms with Crippen molar-refractivity contribution in [3.63, 3.8) is 0 Å². The Morgan fingerprint density at radius 2 is 1.00 bits per heavy atom. The number of allylic oxidation sites excluding steroid dienone is 2. The zero-order valence-corrected chi connectivity index (χ0v) is 17.3. The van der Waals surface area contributed by atoms with E-state index in [1.165, 1.54) is 28.2 Å². The van der Waals surface area contributed by atoms with Crippen molar-refractivity contribution >= 4 is 34.1 Å². The van der Waals surface area contributed by atoms with Crippen LogP contribution < -0.4 is 22.5 Å². The molecule has 0 aliphatic rings. The van der Waals surface area contributed by atoms with E-state index >= 15 is 0 Å². The van der Waals surface area contributed by atoms with Gasteiger partial charge in [-0.3, -0.25) is 46.6 Å². The SMILES string of the molecule is Cn1c(=O)c2c(ncn2C(=O)/C=C/C(=O)n2cnc3c2c(=O)n(C)c(=O)n3C)n(C)c1=O. The Balaban J connectivity index is 1.77. The van der Waals surface area contributed by atoms with Gasteiger partial charge in [0, 0.05) is 40.3 Å². The number of hydrogen-bond acceptors (Lipinski definition) is 8. The molecule has 0 radical (unpaired) electrons. The number of aryl methyl sites for hydroxylation is 2. The van der Waals surface area contributed by atoms with E-state index < -0.39 is 34.3 Å². The van der Waals surface area contributed by atoms with Crippen LogP contribution in [0.25, 0.3) is 22.3 Å². The predicted octanol–water partition coefficient (Wildman–Crippen LogP) is -2.28. The first kappa shape index (κ1) is 20.6. The Hall–Kier alpha value is -4.62. The zero-order valence-electron chi connectivity index (χ0n) is 17.3. The van der Waals surface area contributed by atoms with Crippen LogP contribution in [0.3, 0.4) is 0 Å². The van der Waals surface area contributed by atoms with Crippen molar-refractivity contribution in [3.05, 3.63) is 66.5 Å². The highest BCUT2D eigenvalue weighted by atomic mass is 16.2. The standard InChI is InChI=1S/C18H16N8O6/c1-21-13-11(15(29)23(3)17(21)31)25(7-19-13)9(27)5-6-10(28)26-8-20-14-12(26)16(30)24(4)18(32)22(14)2/h5-8H,1-4H3/b6-5+. The van der Waals surface area contributed by atoms with Gasteiger partial charge in [-0.1, -0.05) is 0 Å². The molecule has 0 amide bonds. The monoisotopic (exact) mass is 440 g/mol. The number of imidazole rings is 2. The minimum absolute atomic E-state index is 0.0104. The summed E-state index contributed by atoms with van der Waals surface area (Å²) in [6, 6.07) is 0. The lowest BCUT2D eigenvalue weighted by Gasteiger charge is -2.04. The minimum atomic E-state index is -0.777. The Morgan fingerprint density at radius 3 is 1.34 bits per heavy atom. The first-order valence-corrected chi connectivity index (χ1v) is 9.09. The second-order valence-corrected chi connectivity index (χ2v) is 6.99. The van der Waals surface area contributed by atoms with Crippen molar-refractivity contribution in [2.45, 2.75) is 0 Å². The third kappa shape index (κ3) is 2.73. The van der Waals surface area contributed by atoms with Crippen LogP contribution in [0.1, 0.15) is 9.59 Å². The van der Waals surface area contributed by atoms with Crippen molar-refractivity contribution in [1.82, 2.24) is 37.4 Å². The summed E-state index contributed by atoms with van der Waals surface area (Å²) < 4.78 is 5.73. The third-order valence-corrected chi connectivity index (χ3v) is 5.14. The molecule has 0 aliphatic carbocycles. The van der Waals surface area contributed by atoms with E-state index in [1.807, 2.05) is 0 Å². The normalized spacial score (nSPS) is 11.8. The summed E-state index contributed by atoms with van der Waals surface area (Å²) in [6.45, 7) is 0. The molecule has 4 heterocycles. The Bertz CT molecular complexity index is 1610. The lowest BCUT2D eigenvalue weighted by Crippen LogP contribution is -2.38. The highest BCUT2D eigenvalue weighted by Gasteiger charge is 2.19. The summed E-state index contributed by atoms with van der Waals surface area (Å²) in [6.07, 6.45) is 3.93. The molecule has 0 N–H and O–H groups in total. The number of hydrogen-bond donors (Lipinski definition) is 0. The second kappa shape index (κ2) is 6.97. The summed E-state index contributed by atoms with van der Waals surface area (Å²) in [5.74, 6) is -1.55. The first-order chi connectivity index (χ1) is 15.1. The second-order valence-electron chi connectivity index (χ2n) is 6.99. The maximum Gasteiger partial charge on any atom is 0.332 e. The molecule has 0 unspecified atom stereocenters. The molecule has 4 aromatic heterocycles. The van der Waals surface area contributed by atoms with E-state index in [-0.39, 0.29) is 22.3 Å².